The minimum Gasteiger partial charge on any atom is -0.361 e. The summed E-state index contributed by atoms with van der Waals surface area (Å²) in [6, 6.07) is 13.7. The van der Waals surface area contributed by atoms with Crippen LogP contribution < -0.4 is 15.5 Å². The van der Waals surface area contributed by atoms with Crippen LogP contribution in [0.4, 0.5) is 11.4 Å². The number of hydrogen-bond donors (Lipinski definition) is 2. The molecule has 0 saturated heterocycles. The number of amides is 1. The topological polar surface area (TPSA) is 44.4 Å². The quantitative estimate of drug-likeness (QED) is 0.872. The molecule has 0 aliphatic carbocycles. The van der Waals surface area contributed by atoms with E-state index in [9.17, 15) is 4.79 Å². The van der Waals surface area contributed by atoms with Crippen LogP contribution in [0.3, 0.4) is 0 Å². The van der Waals surface area contributed by atoms with Crippen LogP contribution in [0.5, 0.6) is 0 Å². The van der Waals surface area contributed by atoms with Crippen molar-refractivity contribution in [2.75, 3.05) is 29.9 Å². The molecule has 0 atom stereocenters. The Labute approximate surface area is 153 Å². The van der Waals surface area contributed by atoms with Crippen molar-refractivity contribution in [3.8, 4) is 0 Å². The average Bonchev–Trinajstić information content (AvgIpc) is 2.73. The third kappa shape index (κ3) is 4.41. The van der Waals surface area contributed by atoms with Crippen LogP contribution in [0, 0.1) is 6.92 Å². The zero-order chi connectivity index (χ0) is 16.2. The monoisotopic (exact) mass is 365 g/mol. The number of fused-ring (bicyclic) bond motifs is 1. The molecule has 3 rings (SSSR count). The van der Waals surface area contributed by atoms with Crippen molar-refractivity contribution in [1.29, 1.82) is 0 Å². The van der Waals surface area contributed by atoms with Crippen LogP contribution >= 0.6 is 24.0 Å². The van der Waals surface area contributed by atoms with Gasteiger partial charge in [-0.25, -0.2) is 0 Å². The van der Waals surface area contributed by atoms with E-state index >= 15 is 0 Å². The minimum absolute atomic E-state index is 0. The summed E-state index contributed by atoms with van der Waals surface area (Å²) < 4.78 is 0. The molecule has 2 N–H and O–H groups in total. The number of nitrogens with zero attached hydrogens (tertiary/aromatic N) is 1. The van der Waals surface area contributed by atoms with E-state index in [-0.39, 0.29) is 18.3 Å². The first-order chi connectivity index (χ1) is 11.1. The van der Waals surface area contributed by atoms with E-state index in [0.29, 0.717) is 11.6 Å². The maximum atomic E-state index is 12.4. The second kappa shape index (κ2) is 8.38. The molecule has 1 aliphatic rings. The molecule has 1 amide bonds. The van der Waals surface area contributed by atoms with E-state index in [1.807, 2.05) is 31.2 Å². The summed E-state index contributed by atoms with van der Waals surface area (Å²) >= 11 is 5.96. The zero-order valence-corrected chi connectivity index (χ0v) is 15.1. The molecular formula is C18H21Cl2N3O. The van der Waals surface area contributed by atoms with Gasteiger partial charge in [0.05, 0.1) is 6.54 Å². The van der Waals surface area contributed by atoms with Gasteiger partial charge in [0, 0.05) is 36.0 Å². The highest BCUT2D eigenvalue weighted by molar-refractivity contribution is 6.30. The fraction of sp³-hybridized carbons (Fsp3) is 0.278. The molecule has 2 aromatic carbocycles. The van der Waals surface area contributed by atoms with E-state index < -0.39 is 0 Å². The number of hydrogen-bond acceptors (Lipinski definition) is 3. The highest BCUT2D eigenvalue weighted by Gasteiger charge is 2.17. The predicted molar refractivity (Wildman–Crippen MR) is 102 cm³/mol. The number of aryl methyl sites for hydroxylation is 1. The van der Waals surface area contributed by atoms with Crippen molar-refractivity contribution in [1.82, 2.24) is 5.32 Å². The molecule has 0 radical (unpaired) electrons. The van der Waals surface area contributed by atoms with Gasteiger partial charge in [0.2, 0.25) is 5.91 Å². The van der Waals surface area contributed by atoms with Gasteiger partial charge >= 0.3 is 0 Å². The minimum atomic E-state index is -0.0212. The molecule has 1 heterocycles. The third-order valence-electron chi connectivity index (χ3n) is 4.00. The van der Waals surface area contributed by atoms with E-state index in [4.69, 9.17) is 11.6 Å². The molecule has 24 heavy (non-hydrogen) atoms. The predicted octanol–water partition coefficient (Wildman–Crippen LogP) is 3.62. The first kappa shape index (κ1) is 18.6. The number of para-hydroxylation sites is 1. The van der Waals surface area contributed by atoms with Crippen LogP contribution in [0.1, 0.15) is 11.1 Å². The summed E-state index contributed by atoms with van der Waals surface area (Å²) in [5.74, 6) is -0.0212. The lowest BCUT2D eigenvalue weighted by Gasteiger charge is -2.24. The Balaban J connectivity index is 0.00000208. The van der Waals surface area contributed by atoms with Crippen molar-refractivity contribution < 1.29 is 4.79 Å². The van der Waals surface area contributed by atoms with Crippen LogP contribution in [-0.4, -0.2) is 25.5 Å². The van der Waals surface area contributed by atoms with Gasteiger partial charge in [-0.1, -0.05) is 29.8 Å². The average molecular weight is 366 g/mol. The second-order valence-corrected chi connectivity index (χ2v) is 6.17. The van der Waals surface area contributed by atoms with Crippen molar-refractivity contribution in [3.05, 3.63) is 58.6 Å². The van der Waals surface area contributed by atoms with Crippen LogP contribution in [0.15, 0.2) is 42.5 Å². The molecule has 128 valence electrons. The number of halogens is 2. The Bertz CT molecular complexity index is 721. The molecule has 0 spiro atoms. The van der Waals surface area contributed by atoms with E-state index in [0.717, 1.165) is 36.6 Å². The van der Waals surface area contributed by atoms with E-state index in [2.05, 4.69) is 27.7 Å². The van der Waals surface area contributed by atoms with Crippen LogP contribution in [0.25, 0.3) is 0 Å². The molecule has 0 aromatic heterocycles. The smallest absolute Gasteiger partial charge is 0.243 e. The van der Waals surface area contributed by atoms with Crippen molar-refractivity contribution in [2.24, 2.45) is 0 Å². The second-order valence-electron chi connectivity index (χ2n) is 5.73. The van der Waals surface area contributed by atoms with Crippen molar-refractivity contribution in [2.45, 2.75) is 13.5 Å². The largest absolute Gasteiger partial charge is 0.361 e. The summed E-state index contributed by atoms with van der Waals surface area (Å²) in [5.41, 5.74) is 4.12. The number of nitrogens with one attached hydrogen (secondary N) is 2. The molecule has 0 bridgehead atoms. The molecule has 6 heteroatoms. The van der Waals surface area contributed by atoms with E-state index in [1.165, 1.54) is 5.56 Å². The lowest BCUT2D eigenvalue weighted by Crippen LogP contribution is -2.36. The molecular weight excluding hydrogens is 345 g/mol. The highest BCUT2D eigenvalue weighted by Crippen LogP contribution is 2.23. The van der Waals surface area contributed by atoms with Gasteiger partial charge in [0.15, 0.2) is 0 Å². The fourth-order valence-corrected chi connectivity index (χ4v) is 3.05. The zero-order valence-electron chi connectivity index (χ0n) is 13.5. The number of benzene rings is 2. The summed E-state index contributed by atoms with van der Waals surface area (Å²) in [6.07, 6.45) is 0. The summed E-state index contributed by atoms with van der Waals surface area (Å²) in [6.45, 7) is 4.78. The van der Waals surface area contributed by atoms with Crippen LogP contribution in [0.2, 0.25) is 5.02 Å². The van der Waals surface area contributed by atoms with E-state index in [1.54, 1.807) is 6.07 Å². The maximum absolute atomic E-state index is 12.4. The van der Waals surface area contributed by atoms with Crippen molar-refractivity contribution in [3.63, 3.8) is 0 Å². The van der Waals surface area contributed by atoms with Gasteiger partial charge in [-0.3, -0.25) is 4.79 Å². The fourth-order valence-electron chi connectivity index (χ4n) is 2.82. The van der Waals surface area contributed by atoms with Gasteiger partial charge in [0.25, 0.3) is 0 Å². The standard InChI is InChI=1S/C18H20ClN3O.ClH/c1-13-10-15(19)6-7-16(13)21-18(23)12-22-9-8-20-11-14-4-2-3-5-17(14)22;/h2-7,10,20H,8-9,11-12H2,1H3,(H,21,23);1H. The lowest BCUT2D eigenvalue weighted by molar-refractivity contribution is -0.115. The van der Waals surface area contributed by atoms with Gasteiger partial charge in [0.1, 0.15) is 0 Å². The molecule has 4 nitrogen and oxygen atoms in total. The Hall–Kier alpha value is -1.75. The Kier molecular flexibility index (Phi) is 6.49. The SMILES string of the molecule is Cc1cc(Cl)ccc1NC(=O)CN1CCNCc2ccccc21.Cl. The molecule has 0 unspecified atom stereocenters. The Morgan fingerprint density at radius 3 is 2.88 bits per heavy atom. The number of carbonyl (C=O) groups excluding carboxylic acids is 1. The Morgan fingerprint density at radius 1 is 1.29 bits per heavy atom. The maximum Gasteiger partial charge on any atom is 0.243 e. The Morgan fingerprint density at radius 2 is 2.08 bits per heavy atom. The summed E-state index contributed by atoms with van der Waals surface area (Å²) in [5, 5.41) is 7.03. The molecule has 0 fully saturated rings. The number of rotatable bonds is 3. The first-order valence-electron chi connectivity index (χ1n) is 7.73. The first-order valence-corrected chi connectivity index (χ1v) is 8.11. The van der Waals surface area contributed by atoms with Crippen molar-refractivity contribution >= 4 is 41.3 Å². The van der Waals surface area contributed by atoms with Gasteiger partial charge in [-0.05, 0) is 42.3 Å². The van der Waals surface area contributed by atoms with Gasteiger partial charge in [-0.15, -0.1) is 12.4 Å². The summed E-state index contributed by atoms with van der Waals surface area (Å²) in [7, 11) is 0. The normalized spacial score (nSPS) is 13.5. The highest BCUT2D eigenvalue weighted by atomic mass is 35.5. The number of anilines is 2. The van der Waals surface area contributed by atoms with Gasteiger partial charge in [-0.2, -0.15) is 0 Å². The molecule has 2 aromatic rings. The summed E-state index contributed by atoms with van der Waals surface area (Å²) in [4.78, 5) is 14.6. The van der Waals surface area contributed by atoms with Gasteiger partial charge < -0.3 is 15.5 Å². The third-order valence-corrected chi connectivity index (χ3v) is 4.24. The lowest BCUT2D eigenvalue weighted by atomic mass is 10.1. The molecule has 1 aliphatic heterocycles. The van der Waals surface area contributed by atoms with Crippen LogP contribution in [-0.2, 0) is 11.3 Å². The molecule has 0 saturated carbocycles. The number of carbonyl (C=O) groups is 1.